The van der Waals surface area contributed by atoms with Gasteiger partial charge in [-0.2, -0.15) is 0 Å². The number of amides is 3. The van der Waals surface area contributed by atoms with E-state index in [1.807, 2.05) is 54.0 Å². The second-order valence-corrected chi connectivity index (χ2v) is 8.85. The molecule has 5 rings (SSSR count). The molecule has 8 heteroatoms. The molecule has 3 heterocycles. The summed E-state index contributed by atoms with van der Waals surface area (Å²) in [6.07, 6.45) is 0. The van der Waals surface area contributed by atoms with Crippen molar-refractivity contribution in [1.82, 2.24) is 19.9 Å². The highest BCUT2D eigenvalue weighted by Crippen LogP contribution is 2.31. The third-order valence-corrected chi connectivity index (χ3v) is 6.48. The summed E-state index contributed by atoms with van der Waals surface area (Å²) in [6.45, 7) is 6.77. The van der Waals surface area contributed by atoms with E-state index in [0.717, 1.165) is 21.4 Å². The van der Waals surface area contributed by atoms with E-state index in [2.05, 4.69) is 10.5 Å². The van der Waals surface area contributed by atoms with Gasteiger partial charge in [0, 0.05) is 23.0 Å². The summed E-state index contributed by atoms with van der Waals surface area (Å²) in [5, 5.41) is 8.82. The number of Topliss-reactive ketones (excluding diaryl/α,β-unsaturated/α-hetero) is 1. The van der Waals surface area contributed by atoms with Crippen molar-refractivity contribution in [2.24, 2.45) is 0 Å². The van der Waals surface area contributed by atoms with E-state index in [4.69, 9.17) is 4.52 Å². The van der Waals surface area contributed by atoms with Crippen LogP contribution in [0, 0.1) is 20.8 Å². The van der Waals surface area contributed by atoms with E-state index >= 15 is 0 Å². The molecular weight excluding hydrogens is 432 g/mol. The molecule has 2 aromatic carbocycles. The van der Waals surface area contributed by atoms with Gasteiger partial charge in [0.05, 0.1) is 6.54 Å². The molecule has 0 spiro atoms. The fourth-order valence-electron chi connectivity index (χ4n) is 4.62. The summed E-state index contributed by atoms with van der Waals surface area (Å²) in [5.74, 6) is 0.445. The van der Waals surface area contributed by atoms with Gasteiger partial charge in [-0.3, -0.25) is 19.1 Å². The number of aromatic nitrogens is 2. The predicted octanol–water partition coefficient (Wildman–Crippen LogP) is 4.19. The molecule has 0 saturated carbocycles. The fourth-order valence-corrected chi connectivity index (χ4v) is 4.62. The highest BCUT2D eigenvalue weighted by Gasteiger charge is 2.49. The van der Waals surface area contributed by atoms with Crippen LogP contribution in [0.1, 0.15) is 40.0 Å². The molecule has 8 nitrogen and oxygen atoms in total. The van der Waals surface area contributed by atoms with Crippen LogP contribution >= 0.6 is 0 Å². The number of carbonyl (C=O) groups excluding carboxylic acids is 3. The van der Waals surface area contributed by atoms with Gasteiger partial charge < -0.3 is 9.84 Å². The highest BCUT2D eigenvalue weighted by molar-refractivity contribution is 6.11. The van der Waals surface area contributed by atoms with Crippen LogP contribution in [0.3, 0.4) is 0 Å². The molecule has 34 heavy (non-hydrogen) atoms. The number of carbonyl (C=O) groups is 3. The molecule has 0 radical (unpaired) electrons. The molecule has 0 unspecified atom stereocenters. The molecule has 1 saturated heterocycles. The quantitative estimate of drug-likeness (QED) is 0.359. The van der Waals surface area contributed by atoms with Crippen LogP contribution in [-0.2, 0) is 10.3 Å². The van der Waals surface area contributed by atoms with Gasteiger partial charge in [-0.25, -0.2) is 4.79 Å². The number of fused-ring (bicyclic) bond motifs is 1. The zero-order valence-electron chi connectivity index (χ0n) is 19.4. The van der Waals surface area contributed by atoms with E-state index in [1.54, 1.807) is 32.9 Å². The minimum Gasteiger partial charge on any atom is -0.360 e. The van der Waals surface area contributed by atoms with Gasteiger partial charge in [-0.15, -0.1) is 0 Å². The van der Waals surface area contributed by atoms with Crippen LogP contribution in [-0.4, -0.2) is 38.9 Å². The Morgan fingerprint density at radius 3 is 2.47 bits per heavy atom. The highest BCUT2D eigenvalue weighted by atomic mass is 16.5. The second-order valence-electron chi connectivity index (χ2n) is 8.85. The fraction of sp³-hybridized carbons (Fsp3) is 0.231. The van der Waals surface area contributed by atoms with Crippen molar-refractivity contribution in [1.29, 1.82) is 0 Å². The number of aryl methyl sites for hydroxylation is 2. The van der Waals surface area contributed by atoms with Crippen LogP contribution in [0.2, 0.25) is 0 Å². The first-order chi connectivity index (χ1) is 16.2. The Morgan fingerprint density at radius 2 is 1.76 bits per heavy atom. The maximum atomic E-state index is 13.4. The molecule has 172 valence electrons. The number of benzene rings is 2. The summed E-state index contributed by atoms with van der Waals surface area (Å²) in [4.78, 5) is 40.4. The van der Waals surface area contributed by atoms with Crippen LogP contribution in [0.4, 0.5) is 4.79 Å². The van der Waals surface area contributed by atoms with Gasteiger partial charge in [0.2, 0.25) is 0 Å². The van der Waals surface area contributed by atoms with Crippen molar-refractivity contribution in [3.63, 3.8) is 0 Å². The molecule has 0 bridgehead atoms. The number of rotatable bonds is 5. The van der Waals surface area contributed by atoms with Gasteiger partial charge in [0.1, 0.15) is 11.3 Å². The van der Waals surface area contributed by atoms with Crippen LogP contribution in [0.5, 0.6) is 0 Å². The minimum atomic E-state index is -1.25. The van der Waals surface area contributed by atoms with Crippen molar-refractivity contribution in [3.05, 3.63) is 82.9 Å². The van der Waals surface area contributed by atoms with Gasteiger partial charge in [0.15, 0.2) is 11.6 Å². The monoisotopic (exact) mass is 456 g/mol. The third-order valence-electron chi connectivity index (χ3n) is 6.48. The standard InChI is InChI=1S/C26H24N4O4/c1-15-11-21(17(3)30(15)23-12-16(2)34-28-23)22(31)14-29-24(32)26(4,27-25(29)33)20-10-9-18-7-5-6-8-19(18)13-20/h5-13H,14H2,1-4H3,(H,27,33)/t26-/m1/s1. The van der Waals surface area contributed by atoms with Crippen molar-refractivity contribution >= 4 is 28.5 Å². The number of urea groups is 1. The maximum Gasteiger partial charge on any atom is 0.325 e. The Kier molecular flexibility index (Phi) is 4.89. The van der Waals surface area contributed by atoms with Crippen molar-refractivity contribution in [2.45, 2.75) is 33.2 Å². The zero-order valence-corrected chi connectivity index (χ0v) is 19.4. The van der Waals surface area contributed by atoms with Gasteiger partial charge >= 0.3 is 6.03 Å². The lowest BCUT2D eigenvalue weighted by Gasteiger charge is -2.22. The molecule has 1 aliphatic rings. The Hall–Kier alpha value is -4.20. The normalized spacial score (nSPS) is 18.1. The topological polar surface area (TPSA) is 97.4 Å². The molecule has 1 atom stereocenters. The Labute approximate surface area is 196 Å². The largest absolute Gasteiger partial charge is 0.360 e. The van der Waals surface area contributed by atoms with Crippen LogP contribution in [0.15, 0.2) is 59.1 Å². The van der Waals surface area contributed by atoms with Crippen LogP contribution in [0.25, 0.3) is 16.6 Å². The SMILES string of the molecule is Cc1cc(-n2c(C)cc(C(=O)CN3C(=O)N[C@](C)(c4ccc5ccccc5c4)C3=O)c2C)no1. The van der Waals surface area contributed by atoms with E-state index in [-0.39, 0.29) is 12.3 Å². The van der Waals surface area contributed by atoms with Crippen LogP contribution < -0.4 is 5.32 Å². The second kappa shape index (κ2) is 7.69. The first kappa shape index (κ1) is 21.6. The maximum absolute atomic E-state index is 13.4. The lowest BCUT2D eigenvalue weighted by atomic mass is 9.90. The van der Waals surface area contributed by atoms with E-state index < -0.39 is 17.5 Å². The Bertz CT molecular complexity index is 1480. The number of hydrogen-bond acceptors (Lipinski definition) is 5. The summed E-state index contributed by atoms with van der Waals surface area (Å²) in [5.41, 5.74) is 1.31. The van der Waals surface area contributed by atoms with Gasteiger partial charge in [-0.1, -0.05) is 41.6 Å². The van der Waals surface area contributed by atoms with E-state index in [0.29, 0.717) is 28.4 Å². The Balaban J connectivity index is 1.42. The average molecular weight is 457 g/mol. The van der Waals surface area contributed by atoms with E-state index in [9.17, 15) is 14.4 Å². The number of hydrogen-bond donors (Lipinski definition) is 1. The summed E-state index contributed by atoms with van der Waals surface area (Å²) >= 11 is 0. The average Bonchev–Trinajstić information content (AvgIpc) is 3.43. The summed E-state index contributed by atoms with van der Waals surface area (Å²) < 4.78 is 6.98. The van der Waals surface area contributed by atoms with Gasteiger partial charge in [0.25, 0.3) is 5.91 Å². The van der Waals surface area contributed by atoms with Crippen molar-refractivity contribution in [3.8, 4) is 5.82 Å². The first-order valence-corrected chi connectivity index (χ1v) is 11.0. The first-order valence-electron chi connectivity index (χ1n) is 11.0. The molecule has 3 amide bonds. The van der Waals surface area contributed by atoms with Gasteiger partial charge in [-0.05, 0) is 56.2 Å². The predicted molar refractivity (Wildman–Crippen MR) is 126 cm³/mol. The molecular formula is C26H24N4O4. The zero-order chi connectivity index (χ0) is 24.2. The molecule has 0 aliphatic carbocycles. The minimum absolute atomic E-state index is 0.328. The van der Waals surface area contributed by atoms with Crippen molar-refractivity contribution in [2.75, 3.05) is 6.54 Å². The summed E-state index contributed by atoms with van der Waals surface area (Å²) in [6, 6.07) is 16.4. The molecule has 1 aliphatic heterocycles. The summed E-state index contributed by atoms with van der Waals surface area (Å²) in [7, 11) is 0. The molecule has 1 fully saturated rings. The number of imide groups is 1. The lowest BCUT2D eigenvalue weighted by molar-refractivity contribution is -0.130. The molecule has 2 aromatic heterocycles. The van der Waals surface area contributed by atoms with Crippen molar-refractivity contribution < 1.29 is 18.9 Å². The number of ketones is 1. The molecule has 1 N–H and O–H groups in total. The Morgan fingerprint density at radius 1 is 1.03 bits per heavy atom. The number of nitrogens with zero attached hydrogens (tertiary/aromatic N) is 3. The number of nitrogens with one attached hydrogen (secondary N) is 1. The van der Waals surface area contributed by atoms with E-state index in [1.165, 1.54) is 0 Å². The smallest absolute Gasteiger partial charge is 0.325 e. The molecule has 4 aromatic rings. The lowest BCUT2D eigenvalue weighted by Crippen LogP contribution is -2.41. The third kappa shape index (κ3) is 3.30.